The Morgan fingerprint density at radius 1 is 0.875 bits per heavy atom. The lowest BCUT2D eigenvalue weighted by molar-refractivity contribution is 0.147. The fourth-order valence-electron chi connectivity index (χ4n) is 2.64. The van der Waals surface area contributed by atoms with Gasteiger partial charge in [0, 0.05) is 11.5 Å². The first-order valence-electron chi connectivity index (χ1n) is 9.28. The number of thioether (sulfide) groups is 2. The Balaban J connectivity index is 3.17. The number of aliphatic hydroxyl groups is 1. The van der Waals surface area contributed by atoms with Crippen LogP contribution in [0.1, 0.15) is 83.5 Å². The molecule has 0 aromatic rings. The zero-order valence-electron chi connectivity index (χ0n) is 14.9. The van der Waals surface area contributed by atoms with Crippen LogP contribution in [0.3, 0.4) is 0 Å². The molecule has 0 radical (unpaired) electrons. The van der Waals surface area contributed by atoms with E-state index >= 15 is 0 Å². The maximum Gasteiger partial charge on any atom is 0.276 e. The van der Waals surface area contributed by atoms with E-state index in [-0.39, 0.29) is 11.3 Å². The van der Waals surface area contributed by atoms with Gasteiger partial charge in [0.05, 0.1) is 6.10 Å². The summed E-state index contributed by atoms with van der Waals surface area (Å²) in [6.07, 6.45) is 14.5. The van der Waals surface area contributed by atoms with Crippen LogP contribution in [0.4, 0.5) is 4.79 Å². The third-order valence-corrected chi connectivity index (χ3v) is 5.42. The van der Waals surface area contributed by atoms with E-state index in [1.165, 1.54) is 62.0 Å². The fraction of sp³-hybridized carbons (Fsp3) is 0.889. The summed E-state index contributed by atoms with van der Waals surface area (Å²) in [6, 6.07) is 0. The van der Waals surface area contributed by atoms with Crippen LogP contribution in [0, 0.1) is 10.7 Å². The maximum absolute atomic E-state index is 10.6. The maximum atomic E-state index is 10.6. The zero-order valence-corrected chi connectivity index (χ0v) is 16.5. The van der Waals surface area contributed by atoms with Gasteiger partial charge in [0.15, 0.2) is 0 Å². The molecular formula is C18H34N2O2S2. The van der Waals surface area contributed by atoms with Gasteiger partial charge in [0.25, 0.3) is 5.24 Å². The fourth-order valence-corrected chi connectivity index (χ4v) is 3.63. The van der Waals surface area contributed by atoms with E-state index in [1.807, 2.05) is 0 Å². The topological polar surface area (TPSA) is 87.1 Å². The first kappa shape index (κ1) is 23.6. The monoisotopic (exact) mass is 374 g/mol. The molecule has 140 valence electrons. The van der Waals surface area contributed by atoms with Gasteiger partial charge < -0.3 is 10.8 Å². The molecule has 0 bridgehead atoms. The molecule has 0 aromatic heterocycles. The number of unbranched alkanes of at least 4 members (excludes halogenated alkanes) is 9. The van der Waals surface area contributed by atoms with Crippen molar-refractivity contribution in [3.63, 3.8) is 0 Å². The van der Waals surface area contributed by atoms with Crippen LogP contribution in [-0.2, 0) is 0 Å². The molecule has 0 saturated carbocycles. The van der Waals surface area contributed by atoms with Gasteiger partial charge in [-0.15, -0.1) is 0 Å². The summed E-state index contributed by atoms with van der Waals surface area (Å²) in [6.45, 7) is 0. The first-order chi connectivity index (χ1) is 11.7. The normalized spacial score (nSPS) is 12.0. The van der Waals surface area contributed by atoms with Gasteiger partial charge in [-0.05, 0) is 37.4 Å². The number of nitriles is 1. The van der Waals surface area contributed by atoms with Crippen molar-refractivity contribution in [2.45, 2.75) is 89.6 Å². The molecule has 0 saturated heterocycles. The van der Waals surface area contributed by atoms with E-state index in [1.54, 1.807) is 0 Å². The first-order valence-corrected chi connectivity index (χ1v) is 11.2. The Hall–Kier alpha value is -0.380. The predicted molar refractivity (Wildman–Crippen MR) is 106 cm³/mol. The minimum absolute atomic E-state index is 0.133. The quantitative estimate of drug-likeness (QED) is 0.261. The van der Waals surface area contributed by atoms with Crippen molar-refractivity contribution in [2.24, 2.45) is 5.73 Å². The van der Waals surface area contributed by atoms with Crippen LogP contribution >= 0.6 is 23.5 Å². The Morgan fingerprint density at radius 2 is 1.33 bits per heavy atom. The molecule has 3 N–H and O–H groups in total. The Labute approximate surface area is 156 Å². The summed E-state index contributed by atoms with van der Waals surface area (Å²) in [7, 11) is 0. The number of carbonyl (C=O) groups is 1. The molecule has 4 nitrogen and oxygen atoms in total. The van der Waals surface area contributed by atoms with E-state index in [4.69, 9.17) is 11.0 Å². The average molecular weight is 375 g/mol. The number of primary amides is 1. The third-order valence-electron chi connectivity index (χ3n) is 4.02. The molecule has 0 aliphatic rings. The van der Waals surface area contributed by atoms with Crippen molar-refractivity contribution in [3.8, 4) is 5.40 Å². The van der Waals surface area contributed by atoms with Crippen LogP contribution in [-0.4, -0.2) is 28.0 Å². The van der Waals surface area contributed by atoms with E-state index in [9.17, 15) is 9.90 Å². The predicted octanol–water partition coefficient (Wildman–Crippen LogP) is 5.44. The molecule has 0 unspecified atom stereocenters. The van der Waals surface area contributed by atoms with Crippen molar-refractivity contribution in [1.82, 2.24) is 0 Å². The highest BCUT2D eigenvalue weighted by atomic mass is 32.2. The molecule has 0 aliphatic carbocycles. The average Bonchev–Trinajstić information content (AvgIpc) is 2.55. The third kappa shape index (κ3) is 19.7. The summed E-state index contributed by atoms with van der Waals surface area (Å²) >= 11 is 2.55. The van der Waals surface area contributed by atoms with Crippen LogP contribution < -0.4 is 5.73 Å². The molecular weight excluding hydrogens is 340 g/mol. The number of hydrogen-bond acceptors (Lipinski definition) is 5. The molecule has 24 heavy (non-hydrogen) atoms. The Bertz CT molecular complexity index is 335. The van der Waals surface area contributed by atoms with E-state index in [0.717, 1.165) is 56.5 Å². The van der Waals surface area contributed by atoms with Crippen molar-refractivity contribution >= 4 is 28.8 Å². The summed E-state index contributed by atoms with van der Waals surface area (Å²) < 4.78 is 0. The number of nitrogens with zero attached hydrogens (tertiary/aromatic N) is 1. The molecule has 0 fully saturated rings. The highest BCUT2D eigenvalue weighted by Gasteiger charge is 2.03. The van der Waals surface area contributed by atoms with Crippen LogP contribution in [0.15, 0.2) is 0 Å². The summed E-state index contributed by atoms with van der Waals surface area (Å²) in [5.74, 6) is 1.79. The van der Waals surface area contributed by atoms with E-state index < -0.39 is 0 Å². The molecule has 0 aliphatic heterocycles. The number of rotatable bonds is 17. The second kappa shape index (κ2) is 19.0. The molecule has 6 heteroatoms. The van der Waals surface area contributed by atoms with Gasteiger partial charge in [-0.2, -0.15) is 5.26 Å². The lowest BCUT2D eigenvalue weighted by atomic mass is 10.0. The minimum Gasteiger partial charge on any atom is -0.393 e. The number of amides is 1. The van der Waals surface area contributed by atoms with Crippen molar-refractivity contribution < 1.29 is 9.90 Å². The van der Waals surface area contributed by atoms with Crippen molar-refractivity contribution in [3.05, 3.63) is 0 Å². The number of carbonyl (C=O) groups excluding carboxylic acids is 1. The zero-order chi connectivity index (χ0) is 17.9. The lowest BCUT2D eigenvalue weighted by Gasteiger charge is -2.10. The van der Waals surface area contributed by atoms with Crippen LogP contribution in [0.2, 0.25) is 0 Å². The SMILES string of the molecule is N#CSCCCCCCC[C@@H](O)CCCCCCCCSC(N)=O. The number of aliphatic hydroxyl groups excluding tert-OH is 1. The number of hydrogen-bond donors (Lipinski definition) is 2. The molecule has 0 aromatic carbocycles. The standard InChI is InChI=1S/C18H34N2O2S2/c19-16-23-14-10-6-3-5-9-13-17(21)12-8-4-1-2-7-11-15-24-18(20)22/h17,21H,1-15H2,(H2,20,22)/t17-/m0/s1. The largest absolute Gasteiger partial charge is 0.393 e. The molecule has 0 heterocycles. The molecule has 0 spiro atoms. The van der Waals surface area contributed by atoms with Crippen LogP contribution in [0.5, 0.6) is 0 Å². The van der Waals surface area contributed by atoms with Crippen molar-refractivity contribution in [2.75, 3.05) is 11.5 Å². The van der Waals surface area contributed by atoms with Gasteiger partial charge in [-0.3, -0.25) is 4.79 Å². The highest BCUT2D eigenvalue weighted by molar-refractivity contribution is 8.13. The number of nitrogens with two attached hydrogens (primary N) is 1. The smallest absolute Gasteiger partial charge is 0.276 e. The van der Waals surface area contributed by atoms with Gasteiger partial charge in [0.1, 0.15) is 5.40 Å². The Kier molecular flexibility index (Phi) is 18.7. The minimum atomic E-state index is -0.276. The highest BCUT2D eigenvalue weighted by Crippen LogP contribution is 2.15. The van der Waals surface area contributed by atoms with Gasteiger partial charge in [0.2, 0.25) is 0 Å². The summed E-state index contributed by atoms with van der Waals surface area (Å²) in [5, 5.41) is 20.2. The second-order valence-electron chi connectivity index (χ2n) is 6.23. The van der Waals surface area contributed by atoms with E-state index in [0.29, 0.717) is 0 Å². The van der Waals surface area contributed by atoms with Crippen LogP contribution in [0.25, 0.3) is 0 Å². The Morgan fingerprint density at radius 3 is 1.83 bits per heavy atom. The van der Waals surface area contributed by atoms with Gasteiger partial charge >= 0.3 is 0 Å². The second-order valence-corrected chi connectivity index (χ2v) is 8.21. The number of thiocyanates is 1. The molecule has 0 rings (SSSR count). The molecule has 1 atom stereocenters. The summed E-state index contributed by atoms with van der Waals surface area (Å²) in [4.78, 5) is 10.6. The lowest BCUT2D eigenvalue weighted by Crippen LogP contribution is -2.06. The summed E-state index contributed by atoms with van der Waals surface area (Å²) in [5.41, 5.74) is 5.07. The molecule has 1 amide bonds. The van der Waals surface area contributed by atoms with Crippen molar-refractivity contribution in [1.29, 1.82) is 5.26 Å². The van der Waals surface area contributed by atoms with E-state index in [2.05, 4.69) is 5.40 Å². The van der Waals surface area contributed by atoms with Gasteiger partial charge in [-0.25, -0.2) is 0 Å². The van der Waals surface area contributed by atoms with Gasteiger partial charge in [-0.1, -0.05) is 69.5 Å².